The van der Waals surface area contributed by atoms with Crippen LogP contribution in [0.1, 0.15) is 18.4 Å². The summed E-state index contributed by atoms with van der Waals surface area (Å²) in [5, 5.41) is 3.32. The third-order valence-corrected chi connectivity index (χ3v) is 4.43. The molecule has 0 aromatic heterocycles. The van der Waals surface area contributed by atoms with E-state index in [1.807, 2.05) is 0 Å². The van der Waals surface area contributed by atoms with Crippen molar-refractivity contribution in [3.05, 3.63) is 29.6 Å². The molecule has 1 aliphatic heterocycles. The largest absolute Gasteiger partial charge is 0.316 e. The van der Waals surface area contributed by atoms with Crippen LogP contribution in [0.25, 0.3) is 0 Å². The summed E-state index contributed by atoms with van der Waals surface area (Å²) < 4.78 is 36.3. The molecule has 1 aromatic rings. The summed E-state index contributed by atoms with van der Waals surface area (Å²) in [6.45, 7) is 2.00. The fourth-order valence-corrected chi connectivity index (χ4v) is 3.18. The van der Waals surface area contributed by atoms with Gasteiger partial charge in [-0.25, -0.2) is 12.8 Å². The van der Waals surface area contributed by atoms with Crippen LogP contribution in [-0.4, -0.2) is 27.8 Å². The van der Waals surface area contributed by atoms with Gasteiger partial charge in [0.2, 0.25) is 0 Å². The van der Waals surface area contributed by atoms with Crippen molar-refractivity contribution in [2.45, 2.75) is 24.2 Å². The van der Waals surface area contributed by atoms with E-state index in [2.05, 4.69) is 5.32 Å². The molecular formula is C13H18FNO2S. The van der Waals surface area contributed by atoms with Crippen LogP contribution in [0.2, 0.25) is 0 Å². The summed E-state index contributed by atoms with van der Waals surface area (Å²) >= 11 is 0. The van der Waals surface area contributed by atoms with Crippen molar-refractivity contribution < 1.29 is 12.8 Å². The second kappa shape index (κ2) is 5.36. The molecule has 1 heterocycles. The maximum absolute atomic E-state index is 13.5. The third kappa shape index (κ3) is 3.29. The van der Waals surface area contributed by atoms with Crippen LogP contribution >= 0.6 is 0 Å². The number of hydrogen-bond acceptors (Lipinski definition) is 3. The molecule has 0 radical (unpaired) electrons. The predicted molar refractivity (Wildman–Crippen MR) is 68.8 cm³/mol. The minimum absolute atomic E-state index is 0.191. The van der Waals surface area contributed by atoms with E-state index in [9.17, 15) is 12.8 Å². The van der Waals surface area contributed by atoms with Crippen molar-refractivity contribution in [3.8, 4) is 0 Å². The molecule has 2 rings (SSSR count). The fraction of sp³-hybridized carbons (Fsp3) is 0.538. The maximum Gasteiger partial charge on any atom is 0.178 e. The molecule has 1 N–H and O–H groups in total. The zero-order chi connectivity index (χ0) is 13.2. The third-order valence-electron chi connectivity index (χ3n) is 3.32. The standard InChI is InChI=1S/C13H18FNO2S/c1-18(16,17)13-8-10(4-5-12(13)14)7-11-3-2-6-15-9-11/h4-5,8,11,15H,2-3,6-7,9H2,1H3. The van der Waals surface area contributed by atoms with Gasteiger partial charge in [-0.2, -0.15) is 0 Å². The minimum atomic E-state index is -3.49. The lowest BCUT2D eigenvalue weighted by atomic mass is 9.92. The lowest BCUT2D eigenvalue weighted by Gasteiger charge is -2.22. The monoisotopic (exact) mass is 271 g/mol. The number of sulfone groups is 1. The SMILES string of the molecule is CS(=O)(=O)c1cc(CC2CCCNC2)ccc1F. The van der Waals surface area contributed by atoms with E-state index in [4.69, 9.17) is 0 Å². The summed E-state index contributed by atoms with van der Waals surface area (Å²) in [6, 6.07) is 4.40. The Kier molecular flexibility index (Phi) is 4.02. The predicted octanol–water partition coefficient (Wildman–Crippen LogP) is 1.77. The molecule has 0 amide bonds. The highest BCUT2D eigenvalue weighted by Gasteiger charge is 2.17. The van der Waals surface area contributed by atoms with Gasteiger partial charge in [-0.3, -0.25) is 0 Å². The van der Waals surface area contributed by atoms with Crippen LogP contribution in [0.3, 0.4) is 0 Å². The first-order valence-electron chi connectivity index (χ1n) is 6.16. The molecule has 0 aliphatic carbocycles. The summed E-state index contributed by atoms with van der Waals surface area (Å²) in [6.07, 6.45) is 4.12. The van der Waals surface area contributed by atoms with Gasteiger partial charge in [0.05, 0.1) is 0 Å². The molecule has 3 nitrogen and oxygen atoms in total. The molecule has 1 saturated heterocycles. The van der Waals surface area contributed by atoms with Crippen LogP contribution in [0.5, 0.6) is 0 Å². The lowest BCUT2D eigenvalue weighted by Crippen LogP contribution is -2.30. The summed E-state index contributed by atoms with van der Waals surface area (Å²) in [4.78, 5) is -0.191. The van der Waals surface area contributed by atoms with Gasteiger partial charge >= 0.3 is 0 Å². The molecule has 1 unspecified atom stereocenters. The van der Waals surface area contributed by atoms with Gasteiger partial charge in [0.1, 0.15) is 10.7 Å². The van der Waals surface area contributed by atoms with Gasteiger partial charge < -0.3 is 5.32 Å². The van der Waals surface area contributed by atoms with Crippen molar-refractivity contribution >= 4 is 9.84 Å². The molecule has 5 heteroatoms. The number of rotatable bonds is 3. The molecule has 100 valence electrons. The first-order chi connectivity index (χ1) is 8.47. The van der Waals surface area contributed by atoms with E-state index < -0.39 is 15.7 Å². The van der Waals surface area contributed by atoms with Gasteiger partial charge in [0.25, 0.3) is 0 Å². The van der Waals surface area contributed by atoms with Crippen LogP contribution in [0.4, 0.5) is 4.39 Å². The minimum Gasteiger partial charge on any atom is -0.316 e. The zero-order valence-corrected chi connectivity index (χ0v) is 11.3. The number of hydrogen-bond donors (Lipinski definition) is 1. The molecule has 0 bridgehead atoms. The molecule has 1 atom stereocenters. The second-order valence-corrected chi connectivity index (χ2v) is 6.94. The van der Waals surface area contributed by atoms with E-state index in [0.29, 0.717) is 5.92 Å². The number of piperidine rings is 1. The Labute approximate surface area is 107 Å². The van der Waals surface area contributed by atoms with Crippen molar-refractivity contribution in [2.24, 2.45) is 5.92 Å². The van der Waals surface area contributed by atoms with Crippen molar-refractivity contribution in [1.82, 2.24) is 5.32 Å². The molecule has 1 aromatic carbocycles. The molecule has 0 spiro atoms. The normalized spacial score (nSPS) is 20.9. The molecule has 1 fully saturated rings. The van der Waals surface area contributed by atoms with Crippen molar-refractivity contribution in [3.63, 3.8) is 0 Å². The Hall–Kier alpha value is -0.940. The zero-order valence-electron chi connectivity index (χ0n) is 10.4. The van der Waals surface area contributed by atoms with Crippen molar-refractivity contribution in [1.29, 1.82) is 0 Å². The number of benzene rings is 1. The second-order valence-electron chi connectivity index (χ2n) is 4.95. The topological polar surface area (TPSA) is 46.2 Å². The average molecular weight is 271 g/mol. The highest BCUT2D eigenvalue weighted by Crippen LogP contribution is 2.21. The summed E-state index contributed by atoms with van der Waals surface area (Å²) in [7, 11) is -3.49. The average Bonchev–Trinajstić information content (AvgIpc) is 2.31. The van der Waals surface area contributed by atoms with E-state index in [1.54, 1.807) is 6.07 Å². The Bertz CT molecular complexity index is 522. The van der Waals surface area contributed by atoms with Crippen LogP contribution in [-0.2, 0) is 16.3 Å². The maximum atomic E-state index is 13.5. The van der Waals surface area contributed by atoms with Crippen LogP contribution < -0.4 is 5.32 Å². The fourth-order valence-electron chi connectivity index (χ4n) is 2.39. The number of halogens is 1. The van der Waals surface area contributed by atoms with Gasteiger partial charge in [-0.05, 0) is 56.0 Å². The van der Waals surface area contributed by atoms with E-state index in [0.717, 1.165) is 44.2 Å². The van der Waals surface area contributed by atoms with Crippen LogP contribution in [0.15, 0.2) is 23.1 Å². The van der Waals surface area contributed by atoms with Gasteiger partial charge in [0.15, 0.2) is 9.84 Å². The van der Waals surface area contributed by atoms with Gasteiger partial charge in [-0.1, -0.05) is 6.07 Å². The lowest BCUT2D eigenvalue weighted by molar-refractivity contribution is 0.375. The quantitative estimate of drug-likeness (QED) is 0.911. The Balaban J connectivity index is 2.19. The van der Waals surface area contributed by atoms with Gasteiger partial charge in [0, 0.05) is 6.26 Å². The van der Waals surface area contributed by atoms with Crippen molar-refractivity contribution in [2.75, 3.05) is 19.3 Å². The molecule has 0 saturated carbocycles. The highest BCUT2D eigenvalue weighted by molar-refractivity contribution is 7.90. The van der Waals surface area contributed by atoms with E-state index in [-0.39, 0.29) is 4.90 Å². The molecule has 18 heavy (non-hydrogen) atoms. The first kappa shape index (κ1) is 13.5. The highest BCUT2D eigenvalue weighted by atomic mass is 32.2. The number of nitrogens with one attached hydrogen (secondary N) is 1. The van der Waals surface area contributed by atoms with E-state index in [1.165, 1.54) is 12.1 Å². The molecular weight excluding hydrogens is 253 g/mol. The summed E-state index contributed by atoms with van der Waals surface area (Å²) in [5.74, 6) is -0.153. The van der Waals surface area contributed by atoms with Crippen LogP contribution in [0, 0.1) is 11.7 Å². The Morgan fingerprint density at radius 3 is 2.83 bits per heavy atom. The summed E-state index contributed by atoms with van der Waals surface area (Å²) in [5.41, 5.74) is 0.894. The first-order valence-corrected chi connectivity index (χ1v) is 8.05. The van der Waals surface area contributed by atoms with Gasteiger partial charge in [-0.15, -0.1) is 0 Å². The Morgan fingerprint density at radius 1 is 1.44 bits per heavy atom. The smallest absolute Gasteiger partial charge is 0.178 e. The van der Waals surface area contributed by atoms with E-state index >= 15 is 0 Å². The Morgan fingerprint density at radius 2 is 2.22 bits per heavy atom. The molecule has 1 aliphatic rings.